The Balaban J connectivity index is 1.50. The van der Waals surface area contributed by atoms with Gasteiger partial charge in [0.15, 0.2) is 10.9 Å². The first-order chi connectivity index (χ1) is 16.2. The summed E-state index contributed by atoms with van der Waals surface area (Å²) in [7, 11) is 0. The van der Waals surface area contributed by atoms with Crippen molar-refractivity contribution in [1.29, 1.82) is 0 Å². The number of nitrogens with one attached hydrogen (secondary N) is 2. The van der Waals surface area contributed by atoms with Crippen LogP contribution >= 0.6 is 11.3 Å². The van der Waals surface area contributed by atoms with E-state index in [-0.39, 0.29) is 18.4 Å². The van der Waals surface area contributed by atoms with Crippen molar-refractivity contribution in [1.82, 2.24) is 15.2 Å². The van der Waals surface area contributed by atoms with Gasteiger partial charge in [0.1, 0.15) is 17.5 Å². The van der Waals surface area contributed by atoms with Crippen molar-refractivity contribution in [3.05, 3.63) is 58.7 Å². The van der Waals surface area contributed by atoms with Gasteiger partial charge in [0.05, 0.1) is 17.7 Å². The van der Waals surface area contributed by atoms with E-state index in [0.717, 1.165) is 4.90 Å². The number of benzene rings is 1. The summed E-state index contributed by atoms with van der Waals surface area (Å²) in [5.74, 6) is -0.438. The van der Waals surface area contributed by atoms with Crippen LogP contribution in [-0.2, 0) is 16.1 Å². The quantitative estimate of drug-likeness (QED) is 0.474. The Bertz CT molecular complexity index is 1230. The molecule has 9 nitrogen and oxygen atoms in total. The monoisotopic (exact) mass is 480 g/mol. The minimum Gasteiger partial charge on any atom is -0.458 e. The third kappa shape index (κ3) is 4.76. The van der Waals surface area contributed by atoms with Crippen LogP contribution in [0.25, 0.3) is 11.5 Å². The summed E-state index contributed by atoms with van der Waals surface area (Å²) in [6.45, 7) is 5.54. The lowest BCUT2D eigenvalue weighted by molar-refractivity contribution is -0.120. The van der Waals surface area contributed by atoms with E-state index in [2.05, 4.69) is 15.6 Å². The lowest BCUT2D eigenvalue weighted by Gasteiger charge is -2.26. The van der Waals surface area contributed by atoms with Crippen LogP contribution in [0, 0.1) is 5.92 Å². The summed E-state index contributed by atoms with van der Waals surface area (Å²) < 4.78 is 5.70. The number of hydrogen-bond donors (Lipinski definition) is 2. The number of carbonyl (C=O) groups excluding carboxylic acids is 4. The molecule has 0 saturated carbocycles. The Morgan fingerprint density at radius 1 is 1.09 bits per heavy atom. The van der Waals surface area contributed by atoms with E-state index in [1.54, 1.807) is 41.8 Å². The van der Waals surface area contributed by atoms with Crippen molar-refractivity contribution in [2.24, 2.45) is 5.92 Å². The van der Waals surface area contributed by atoms with Gasteiger partial charge in [-0.25, -0.2) is 4.98 Å². The fourth-order valence-electron chi connectivity index (χ4n) is 3.72. The Hall–Kier alpha value is -3.79. The van der Waals surface area contributed by atoms with Gasteiger partial charge in [-0.05, 0) is 36.6 Å². The Labute approximate surface area is 200 Å². The molecule has 1 atom stereocenters. The highest BCUT2D eigenvalue weighted by Crippen LogP contribution is 2.30. The van der Waals surface area contributed by atoms with Crippen molar-refractivity contribution in [3.8, 4) is 11.5 Å². The summed E-state index contributed by atoms with van der Waals surface area (Å²) in [6, 6.07) is 9.08. The van der Waals surface area contributed by atoms with Gasteiger partial charge in [-0.2, -0.15) is 0 Å². The van der Waals surface area contributed by atoms with Gasteiger partial charge in [-0.15, -0.1) is 11.3 Å². The fourth-order valence-corrected chi connectivity index (χ4v) is 4.43. The standard InChI is InChI=1S/C24H24N4O5S/c1-13(2)10-19(28-22(31)16-6-4-5-7-17(16)23(28)32)21(30)27-24-26-18(12-34-24)20-9-8-15(33-20)11-25-14(3)29/h4-9,12-13,19H,10-11H2,1-3H3,(H,25,29)(H,26,27,30). The largest absolute Gasteiger partial charge is 0.458 e. The number of furan rings is 1. The second-order valence-electron chi connectivity index (χ2n) is 8.37. The minimum absolute atomic E-state index is 0.0667. The molecule has 1 aromatic carbocycles. The fraction of sp³-hybridized carbons (Fsp3) is 0.292. The maximum Gasteiger partial charge on any atom is 0.262 e. The number of nitrogens with zero attached hydrogens (tertiary/aromatic N) is 2. The van der Waals surface area contributed by atoms with Gasteiger partial charge in [0.2, 0.25) is 11.8 Å². The Morgan fingerprint density at radius 3 is 2.38 bits per heavy atom. The number of fused-ring (bicyclic) bond motifs is 1. The van der Waals surface area contributed by atoms with Gasteiger partial charge in [-0.3, -0.25) is 24.1 Å². The van der Waals surface area contributed by atoms with Crippen molar-refractivity contribution in [2.45, 2.75) is 39.8 Å². The van der Waals surface area contributed by atoms with Crippen LogP contribution in [0.2, 0.25) is 0 Å². The highest BCUT2D eigenvalue weighted by molar-refractivity contribution is 7.14. The average Bonchev–Trinajstić information content (AvgIpc) is 3.50. The zero-order chi connectivity index (χ0) is 24.4. The zero-order valence-electron chi connectivity index (χ0n) is 19.0. The third-order valence-corrected chi connectivity index (χ3v) is 6.05. The van der Waals surface area contributed by atoms with Crippen LogP contribution in [0.3, 0.4) is 0 Å². The SMILES string of the molecule is CC(=O)NCc1ccc(-c2csc(NC(=O)C(CC(C)C)N3C(=O)c4ccccc4C3=O)n2)o1. The molecule has 0 fully saturated rings. The second kappa shape index (κ2) is 9.60. The number of imide groups is 1. The molecule has 0 bridgehead atoms. The summed E-state index contributed by atoms with van der Waals surface area (Å²) in [5.41, 5.74) is 1.13. The molecule has 10 heteroatoms. The molecule has 3 heterocycles. The van der Waals surface area contributed by atoms with Crippen LogP contribution in [0.15, 0.2) is 46.2 Å². The van der Waals surface area contributed by atoms with Crippen molar-refractivity contribution < 1.29 is 23.6 Å². The molecule has 0 saturated heterocycles. The lowest BCUT2D eigenvalue weighted by Crippen LogP contribution is -2.47. The van der Waals surface area contributed by atoms with Gasteiger partial charge >= 0.3 is 0 Å². The molecule has 1 unspecified atom stereocenters. The summed E-state index contributed by atoms with van der Waals surface area (Å²) in [6.07, 6.45) is 0.320. The van der Waals surface area contributed by atoms with Crippen molar-refractivity contribution >= 4 is 40.1 Å². The molecule has 1 aliphatic heterocycles. The van der Waals surface area contributed by atoms with Crippen molar-refractivity contribution in [3.63, 3.8) is 0 Å². The topological polar surface area (TPSA) is 122 Å². The number of hydrogen-bond acceptors (Lipinski definition) is 7. The van der Waals surface area contributed by atoms with E-state index in [4.69, 9.17) is 4.42 Å². The van der Waals surface area contributed by atoms with Crippen molar-refractivity contribution in [2.75, 3.05) is 5.32 Å². The first-order valence-corrected chi connectivity index (χ1v) is 11.7. The lowest BCUT2D eigenvalue weighted by atomic mass is 10.0. The average molecular weight is 481 g/mol. The van der Waals surface area contributed by atoms with Crippen LogP contribution in [0.4, 0.5) is 5.13 Å². The smallest absolute Gasteiger partial charge is 0.262 e. The molecule has 0 radical (unpaired) electrons. The van der Waals surface area contributed by atoms with Crippen LogP contribution < -0.4 is 10.6 Å². The van der Waals surface area contributed by atoms with Gasteiger partial charge in [0.25, 0.3) is 11.8 Å². The van der Waals surface area contributed by atoms with Gasteiger partial charge < -0.3 is 15.1 Å². The molecule has 4 amide bonds. The molecule has 176 valence electrons. The predicted octanol–water partition coefficient (Wildman–Crippen LogP) is 3.69. The number of anilines is 1. The molecule has 34 heavy (non-hydrogen) atoms. The summed E-state index contributed by atoms with van der Waals surface area (Å²) in [4.78, 5) is 55.7. The minimum atomic E-state index is -0.965. The highest BCUT2D eigenvalue weighted by Gasteiger charge is 2.42. The van der Waals surface area contributed by atoms with E-state index in [1.165, 1.54) is 18.3 Å². The molecule has 0 spiro atoms. The van der Waals surface area contributed by atoms with E-state index in [9.17, 15) is 19.2 Å². The molecule has 2 aromatic heterocycles. The molecule has 4 rings (SSSR count). The number of amides is 4. The Morgan fingerprint density at radius 2 is 1.76 bits per heavy atom. The normalized spacial score (nSPS) is 13.8. The van der Waals surface area contributed by atoms with E-state index < -0.39 is 23.8 Å². The highest BCUT2D eigenvalue weighted by atomic mass is 32.1. The molecule has 0 aliphatic carbocycles. The summed E-state index contributed by atoms with van der Waals surface area (Å²) >= 11 is 1.21. The first-order valence-electron chi connectivity index (χ1n) is 10.8. The van der Waals surface area contributed by atoms with E-state index in [0.29, 0.717) is 39.9 Å². The van der Waals surface area contributed by atoms with Crippen LogP contribution in [0.1, 0.15) is 53.7 Å². The van der Waals surface area contributed by atoms with E-state index in [1.807, 2.05) is 13.8 Å². The van der Waals surface area contributed by atoms with E-state index >= 15 is 0 Å². The third-order valence-electron chi connectivity index (χ3n) is 5.29. The van der Waals surface area contributed by atoms with Crippen LogP contribution in [0.5, 0.6) is 0 Å². The predicted molar refractivity (Wildman–Crippen MR) is 126 cm³/mol. The zero-order valence-corrected chi connectivity index (χ0v) is 19.8. The maximum atomic E-state index is 13.2. The molecule has 2 N–H and O–H groups in total. The summed E-state index contributed by atoms with van der Waals surface area (Å²) in [5, 5.41) is 7.47. The van der Waals surface area contributed by atoms with Crippen LogP contribution in [-0.4, -0.2) is 39.6 Å². The number of rotatable bonds is 8. The van der Waals surface area contributed by atoms with Gasteiger partial charge in [0, 0.05) is 12.3 Å². The first kappa shape index (κ1) is 23.4. The number of carbonyl (C=O) groups is 4. The molecule has 3 aromatic rings. The Kier molecular flexibility index (Phi) is 6.60. The maximum absolute atomic E-state index is 13.2. The number of thiazole rings is 1. The molecular weight excluding hydrogens is 456 g/mol. The number of aromatic nitrogens is 1. The van der Waals surface area contributed by atoms with Gasteiger partial charge in [-0.1, -0.05) is 26.0 Å². The molecule has 1 aliphatic rings. The second-order valence-corrected chi connectivity index (χ2v) is 9.23. The molecular formula is C24H24N4O5S.